The van der Waals surface area contributed by atoms with Crippen LogP contribution >= 0.6 is 0 Å². The standard InChI is InChI=1S/C24H45N7/c1-4-25-24(27-19-21(20(2)3)30-16-9-5-6-10-17-30)26-15-12-14-23-29-28-22-13-8-7-11-18-31(22)23/h20-21H,4-19H2,1-3H3,(H2,25,26,27). The van der Waals surface area contributed by atoms with Gasteiger partial charge in [0.1, 0.15) is 11.6 Å². The van der Waals surface area contributed by atoms with Crippen LogP contribution in [0.4, 0.5) is 0 Å². The number of aromatic nitrogens is 3. The number of hydrogen-bond donors (Lipinski definition) is 2. The lowest BCUT2D eigenvalue weighted by molar-refractivity contribution is 0.166. The summed E-state index contributed by atoms with van der Waals surface area (Å²) in [6, 6.07) is 0.528. The highest BCUT2D eigenvalue weighted by atomic mass is 15.3. The van der Waals surface area contributed by atoms with Crippen molar-refractivity contribution in [1.29, 1.82) is 0 Å². The number of aliphatic imine (C=N–C) groups is 1. The lowest BCUT2D eigenvalue weighted by atomic mass is 10.0. The number of nitrogens with one attached hydrogen (secondary N) is 2. The number of nitrogens with zero attached hydrogens (tertiary/aromatic N) is 5. The molecule has 1 aromatic rings. The molecule has 1 fully saturated rings. The summed E-state index contributed by atoms with van der Waals surface area (Å²) >= 11 is 0. The third-order valence-corrected chi connectivity index (χ3v) is 6.72. The highest BCUT2D eigenvalue weighted by molar-refractivity contribution is 5.79. The van der Waals surface area contributed by atoms with E-state index >= 15 is 0 Å². The molecule has 3 rings (SSSR count). The number of hydrogen-bond acceptors (Lipinski definition) is 4. The Morgan fingerprint density at radius 2 is 1.71 bits per heavy atom. The summed E-state index contributed by atoms with van der Waals surface area (Å²) in [6.07, 6.45) is 12.3. The van der Waals surface area contributed by atoms with Crippen LogP contribution in [0.15, 0.2) is 4.99 Å². The highest BCUT2D eigenvalue weighted by Crippen LogP contribution is 2.18. The Hall–Kier alpha value is -1.63. The Bertz CT molecular complexity index is 659. The molecule has 176 valence electrons. The molecular weight excluding hydrogens is 386 g/mol. The molecule has 2 aliphatic rings. The molecule has 0 amide bonds. The molecule has 1 unspecified atom stereocenters. The smallest absolute Gasteiger partial charge is 0.191 e. The fraction of sp³-hybridized carbons (Fsp3) is 0.875. The Morgan fingerprint density at radius 1 is 0.968 bits per heavy atom. The van der Waals surface area contributed by atoms with Crippen LogP contribution in [-0.2, 0) is 19.4 Å². The number of rotatable bonds is 9. The van der Waals surface area contributed by atoms with Crippen LogP contribution in [-0.4, -0.2) is 64.4 Å². The maximum Gasteiger partial charge on any atom is 0.191 e. The third kappa shape index (κ3) is 7.48. The van der Waals surface area contributed by atoms with E-state index in [0.29, 0.717) is 12.0 Å². The first kappa shape index (κ1) is 24.0. The molecule has 2 N–H and O–H groups in total. The van der Waals surface area contributed by atoms with Gasteiger partial charge in [-0.05, 0) is 58.0 Å². The first-order chi connectivity index (χ1) is 15.2. The molecule has 3 heterocycles. The van der Waals surface area contributed by atoms with Crippen LogP contribution in [0.25, 0.3) is 0 Å². The zero-order valence-electron chi connectivity index (χ0n) is 20.2. The summed E-state index contributed by atoms with van der Waals surface area (Å²) < 4.78 is 2.36. The van der Waals surface area contributed by atoms with Gasteiger partial charge in [0.25, 0.3) is 0 Å². The molecule has 0 spiro atoms. The molecule has 0 aromatic carbocycles. The van der Waals surface area contributed by atoms with Crippen LogP contribution in [0.1, 0.15) is 83.8 Å². The van der Waals surface area contributed by atoms with Crippen molar-refractivity contribution in [1.82, 2.24) is 30.3 Å². The topological polar surface area (TPSA) is 70.4 Å². The summed E-state index contributed by atoms with van der Waals surface area (Å²) in [5, 5.41) is 15.9. The molecule has 1 aromatic heterocycles. The Labute approximate surface area is 189 Å². The average molecular weight is 432 g/mol. The fourth-order valence-electron chi connectivity index (χ4n) is 4.88. The molecule has 1 atom stereocenters. The summed E-state index contributed by atoms with van der Waals surface area (Å²) in [4.78, 5) is 7.66. The van der Waals surface area contributed by atoms with E-state index in [9.17, 15) is 0 Å². The van der Waals surface area contributed by atoms with E-state index in [4.69, 9.17) is 4.99 Å². The van der Waals surface area contributed by atoms with Gasteiger partial charge in [-0.3, -0.25) is 9.89 Å². The van der Waals surface area contributed by atoms with Crippen molar-refractivity contribution in [2.75, 3.05) is 32.7 Å². The van der Waals surface area contributed by atoms with Gasteiger partial charge >= 0.3 is 0 Å². The minimum Gasteiger partial charge on any atom is -0.357 e. The zero-order chi connectivity index (χ0) is 21.9. The summed E-state index contributed by atoms with van der Waals surface area (Å²) in [5.41, 5.74) is 0. The van der Waals surface area contributed by atoms with Crippen molar-refractivity contribution in [3.8, 4) is 0 Å². The second-order valence-corrected chi connectivity index (χ2v) is 9.51. The van der Waals surface area contributed by atoms with E-state index in [1.165, 1.54) is 63.9 Å². The van der Waals surface area contributed by atoms with Crippen LogP contribution < -0.4 is 10.6 Å². The van der Waals surface area contributed by atoms with Gasteiger partial charge in [0.15, 0.2) is 5.96 Å². The maximum atomic E-state index is 4.98. The molecule has 0 radical (unpaired) electrons. The van der Waals surface area contributed by atoms with Gasteiger partial charge in [-0.2, -0.15) is 0 Å². The molecule has 2 aliphatic heterocycles. The number of guanidine groups is 1. The SMILES string of the molecule is CCNC(=NCC(C(C)C)N1CCCCCC1)NCCCc1nnc2n1CCCCC2. The van der Waals surface area contributed by atoms with Gasteiger partial charge in [0.2, 0.25) is 0 Å². The highest BCUT2D eigenvalue weighted by Gasteiger charge is 2.22. The van der Waals surface area contributed by atoms with E-state index in [0.717, 1.165) is 57.2 Å². The summed E-state index contributed by atoms with van der Waals surface area (Å²) in [5.74, 6) is 3.90. The van der Waals surface area contributed by atoms with E-state index in [1.54, 1.807) is 0 Å². The molecule has 7 heteroatoms. The molecule has 1 saturated heterocycles. The normalized spacial score (nSPS) is 19.5. The van der Waals surface area contributed by atoms with Crippen LogP contribution in [0.5, 0.6) is 0 Å². The summed E-state index contributed by atoms with van der Waals surface area (Å²) in [6.45, 7) is 13.0. The van der Waals surface area contributed by atoms with E-state index in [1.807, 2.05) is 0 Å². The van der Waals surface area contributed by atoms with Crippen molar-refractivity contribution in [2.24, 2.45) is 10.9 Å². The minimum absolute atomic E-state index is 0.528. The van der Waals surface area contributed by atoms with Crippen LogP contribution in [0, 0.1) is 5.92 Å². The molecule has 7 nitrogen and oxygen atoms in total. The van der Waals surface area contributed by atoms with Crippen LogP contribution in [0.2, 0.25) is 0 Å². The number of aryl methyl sites for hydroxylation is 2. The fourth-order valence-corrected chi connectivity index (χ4v) is 4.88. The molecule has 0 aliphatic carbocycles. The summed E-state index contributed by atoms with van der Waals surface area (Å²) in [7, 11) is 0. The molecule has 31 heavy (non-hydrogen) atoms. The second-order valence-electron chi connectivity index (χ2n) is 9.51. The van der Waals surface area contributed by atoms with Crippen molar-refractivity contribution in [3.63, 3.8) is 0 Å². The Balaban J connectivity index is 1.49. The van der Waals surface area contributed by atoms with E-state index < -0.39 is 0 Å². The lowest BCUT2D eigenvalue weighted by Crippen LogP contribution is -2.44. The van der Waals surface area contributed by atoms with Crippen molar-refractivity contribution < 1.29 is 0 Å². The van der Waals surface area contributed by atoms with Gasteiger partial charge in [0.05, 0.1) is 6.54 Å². The average Bonchev–Trinajstić information content (AvgIpc) is 2.96. The predicted molar refractivity (Wildman–Crippen MR) is 129 cm³/mol. The quantitative estimate of drug-likeness (QED) is 0.356. The van der Waals surface area contributed by atoms with Gasteiger partial charge in [-0.15, -0.1) is 10.2 Å². The minimum atomic E-state index is 0.528. The van der Waals surface area contributed by atoms with Gasteiger partial charge in [-0.25, -0.2) is 0 Å². The van der Waals surface area contributed by atoms with Gasteiger partial charge in [0, 0.05) is 38.5 Å². The van der Waals surface area contributed by atoms with Gasteiger partial charge in [-0.1, -0.05) is 33.1 Å². The third-order valence-electron chi connectivity index (χ3n) is 6.72. The first-order valence-corrected chi connectivity index (χ1v) is 12.9. The number of likely N-dealkylation sites (tertiary alicyclic amines) is 1. The van der Waals surface area contributed by atoms with Gasteiger partial charge < -0.3 is 15.2 Å². The Morgan fingerprint density at radius 3 is 2.45 bits per heavy atom. The second kappa shape index (κ2) is 13.0. The predicted octanol–water partition coefficient (Wildman–Crippen LogP) is 3.39. The Kier molecular flexibility index (Phi) is 10.1. The first-order valence-electron chi connectivity index (χ1n) is 12.9. The largest absolute Gasteiger partial charge is 0.357 e. The molecular formula is C24H45N7. The van der Waals surface area contributed by atoms with Crippen molar-refractivity contribution in [3.05, 3.63) is 11.6 Å². The van der Waals surface area contributed by atoms with Crippen molar-refractivity contribution in [2.45, 2.75) is 97.6 Å². The van der Waals surface area contributed by atoms with E-state index in [2.05, 4.69) is 51.1 Å². The lowest BCUT2D eigenvalue weighted by Gasteiger charge is -2.32. The number of fused-ring (bicyclic) bond motifs is 1. The zero-order valence-corrected chi connectivity index (χ0v) is 20.2. The maximum absolute atomic E-state index is 4.98. The van der Waals surface area contributed by atoms with E-state index in [-0.39, 0.29) is 0 Å². The van der Waals surface area contributed by atoms with Crippen molar-refractivity contribution >= 4 is 5.96 Å². The molecule has 0 bridgehead atoms. The van der Waals surface area contributed by atoms with Crippen LogP contribution in [0.3, 0.4) is 0 Å². The monoisotopic (exact) mass is 431 g/mol. The molecule has 0 saturated carbocycles.